The van der Waals surface area contributed by atoms with Crippen LogP contribution in [0.15, 0.2) is 24.3 Å². The molecule has 0 amide bonds. The highest BCUT2D eigenvalue weighted by Gasteiger charge is 2.22. The van der Waals surface area contributed by atoms with Crippen molar-refractivity contribution >= 4 is 19.8 Å². The van der Waals surface area contributed by atoms with Crippen LogP contribution in [0, 0.1) is 0 Å². The Morgan fingerprint density at radius 1 is 0.463 bits per heavy atom. The summed E-state index contributed by atoms with van der Waals surface area (Å²) in [5, 5.41) is 0. The van der Waals surface area contributed by atoms with Gasteiger partial charge in [-0.1, -0.05) is 244 Å². The molecular weight excluding hydrogens is 858 g/mol. The van der Waals surface area contributed by atoms with Crippen LogP contribution in [0.4, 0.5) is 0 Å². The second-order valence-electron chi connectivity index (χ2n) is 20.7. The van der Waals surface area contributed by atoms with Crippen LogP contribution in [0.2, 0.25) is 0 Å². The average molecular weight is 968 g/mol. The molecule has 10 heteroatoms. The molecule has 0 N–H and O–H groups in total. The standard InChI is InChI=1S/C57H110NO8P/c1-6-8-10-12-14-15-16-17-18-19-20-21-22-23-24-25-26-27-28-29-30-31-32-33-34-35-36-37-38-39-40-41-42-43-44-46-48-50-57(60)66-55(53-63-56(59)49-47-45-13-11-9-7-2)54-65-67(61,62)64-52-51-58(3,4)5/h16-17,19-20,55H,6-15,18,21-54H2,1-5H3/b17-16-,20-19-. The van der Waals surface area contributed by atoms with E-state index in [0.717, 1.165) is 44.9 Å². The molecule has 0 fully saturated rings. The zero-order valence-electron chi connectivity index (χ0n) is 44.9. The Morgan fingerprint density at radius 3 is 1.18 bits per heavy atom. The third kappa shape index (κ3) is 53.7. The molecule has 9 nitrogen and oxygen atoms in total. The van der Waals surface area contributed by atoms with E-state index >= 15 is 0 Å². The predicted octanol–water partition coefficient (Wildman–Crippen LogP) is 16.8. The number of carbonyl (C=O) groups excluding carboxylic acids is 2. The molecule has 0 aliphatic carbocycles. The Labute approximate surface area is 415 Å². The topological polar surface area (TPSA) is 111 Å². The third-order valence-corrected chi connectivity index (χ3v) is 13.7. The number of esters is 2. The first-order valence-corrected chi connectivity index (χ1v) is 30.0. The first-order valence-electron chi connectivity index (χ1n) is 28.5. The van der Waals surface area contributed by atoms with Crippen molar-refractivity contribution in [3.8, 4) is 0 Å². The van der Waals surface area contributed by atoms with Gasteiger partial charge in [-0.25, -0.2) is 0 Å². The molecule has 0 saturated heterocycles. The molecule has 67 heavy (non-hydrogen) atoms. The Balaban J connectivity index is 3.76. The molecular formula is C57H110NO8P. The van der Waals surface area contributed by atoms with Crippen molar-refractivity contribution in [1.82, 2.24) is 0 Å². The largest absolute Gasteiger partial charge is 0.756 e. The fourth-order valence-corrected chi connectivity index (χ4v) is 9.01. The number of ether oxygens (including phenoxy) is 2. The van der Waals surface area contributed by atoms with E-state index in [2.05, 4.69) is 38.2 Å². The van der Waals surface area contributed by atoms with Crippen LogP contribution in [-0.2, 0) is 32.7 Å². The minimum atomic E-state index is -4.62. The normalized spacial score (nSPS) is 13.5. The molecule has 0 spiro atoms. The van der Waals surface area contributed by atoms with Gasteiger partial charge in [-0.05, 0) is 44.9 Å². The van der Waals surface area contributed by atoms with Crippen LogP contribution < -0.4 is 4.89 Å². The van der Waals surface area contributed by atoms with Crippen molar-refractivity contribution in [3.05, 3.63) is 24.3 Å². The number of quaternary nitrogens is 1. The van der Waals surface area contributed by atoms with E-state index < -0.39 is 26.5 Å². The lowest BCUT2D eigenvalue weighted by molar-refractivity contribution is -0.870. The Morgan fingerprint density at radius 2 is 0.806 bits per heavy atom. The van der Waals surface area contributed by atoms with E-state index in [1.165, 1.54) is 199 Å². The van der Waals surface area contributed by atoms with Gasteiger partial charge in [-0.2, -0.15) is 0 Å². The Hall–Kier alpha value is -1.51. The van der Waals surface area contributed by atoms with Gasteiger partial charge in [0.15, 0.2) is 6.10 Å². The molecule has 0 heterocycles. The van der Waals surface area contributed by atoms with Gasteiger partial charge in [-0.3, -0.25) is 14.2 Å². The maximum absolute atomic E-state index is 12.7. The zero-order chi connectivity index (χ0) is 49.2. The summed E-state index contributed by atoms with van der Waals surface area (Å²) in [6.07, 6.45) is 58.7. The number of phosphoric acid groups is 1. The van der Waals surface area contributed by atoms with Gasteiger partial charge in [0, 0.05) is 12.8 Å². The number of hydrogen-bond donors (Lipinski definition) is 0. The van der Waals surface area contributed by atoms with E-state index in [0.29, 0.717) is 17.4 Å². The molecule has 0 aromatic heterocycles. The van der Waals surface area contributed by atoms with Crippen molar-refractivity contribution in [2.24, 2.45) is 0 Å². The average Bonchev–Trinajstić information content (AvgIpc) is 3.29. The fraction of sp³-hybridized carbons (Fsp3) is 0.895. The molecule has 0 aliphatic heterocycles. The minimum Gasteiger partial charge on any atom is -0.756 e. The molecule has 2 atom stereocenters. The Bertz CT molecular complexity index is 1190. The SMILES string of the molecule is CCCCCCC/C=C\C/C=C\CCCCCCCCCCCCCCCCCCCCCCCCCCCC(=O)OC(COC(=O)CCCCCCCC)COP(=O)([O-])OCC[N+](C)(C)C. The molecule has 0 aromatic carbocycles. The van der Waals surface area contributed by atoms with Crippen molar-refractivity contribution in [2.45, 2.75) is 283 Å². The van der Waals surface area contributed by atoms with Crippen LogP contribution in [0.25, 0.3) is 0 Å². The summed E-state index contributed by atoms with van der Waals surface area (Å²) in [6.45, 7) is 4.18. The molecule has 0 aromatic rings. The van der Waals surface area contributed by atoms with Gasteiger partial charge in [0.2, 0.25) is 0 Å². The predicted molar refractivity (Wildman–Crippen MR) is 282 cm³/mol. The van der Waals surface area contributed by atoms with E-state index in [1.807, 2.05) is 21.1 Å². The van der Waals surface area contributed by atoms with Crippen LogP contribution in [-0.4, -0.2) is 70.0 Å². The fourth-order valence-electron chi connectivity index (χ4n) is 8.28. The number of rotatable bonds is 53. The number of hydrogen-bond acceptors (Lipinski definition) is 8. The van der Waals surface area contributed by atoms with Gasteiger partial charge < -0.3 is 27.9 Å². The number of likely N-dealkylation sites (N-methyl/N-ethyl adjacent to an activating group) is 1. The van der Waals surface area contributed by atoms with Crippen LogP contribution in [0.3, 0.4) is 0 Å². The lowest BCUT2D eigenvalue weighted by Gasteiger charge is -2.28. The quantitative estimate of drug-likeness (QED) is 0.0195. The van der Waals surface area contributed by atoms with Crippen LogP contribution >= 0.6 is 7.82 Å². The van der Waals surface area contributed by atoms with E-state index in [9.17, 15) is 19.0 Å². The Kier molecular flexibility index (Phi) is 48.4. The molecule has 2 unspecified atom stereocenters. The zero-order valence-corrected chi connectivity index (χ0v) is 45.8. The molecule has 0 bridgehead atoms. The maximum Gasteiger partial charge on any atom is 0.306 e. The summed E-state index contributed by atoms with van der Waals surface area (Å²) in [6, 6.07) is 0. The molecule has 0 saturated carbocycles. The second-order valence-corrected chi connectivity index (χ2v) is 22.1. The first-order chi connectivity index (χ1) is 32.5. The van der Waals surface area contributed by atoms with Crippen molar-refractivity contribution < 1.29 is 42.1 Å². The van der Waals surface area contributed by atoms with E-state index in [4.69, 9.17) is 18.5 Å². The molecule has 396 valence electrons. The first kappa shape index (κ1) is 65.5. The highest BCUT2D eigenvalue weighted by Crippen LogP contribution is 2.38. The third-order valence-electron chi connectivity index (χ3n) is 12.7. The monoisotopic (exact) mass is 968 g/mol. The van der Waals surface area contributed by atoms with E-state index in [-0.39, 0.29) is 32.0 Å². The van der Waals surface area contributed by atoms with Gasteiger partial charge in [0.1, 0.15) is 19.8 Å². The van der Waals surface area contributed by atoms with Crippen molar-refractivity contribution in [3.63, 3.8) is 0 Å². The molecule has 0 aliphatic rings. The van der Waals surface area contributed by atoms with E-state index in [1.54, 1.807) is 0 Å². The van der Waals surface area contributed by atoms with Gasteiger partial charge >= 0.3 is 11.9 Å². The van der Waals surface area contributed by atoms with Crippen molar-refractivity contribution in [2.75, 3.05) is 47.5 Å². The summed E-state index contributed by atoms with van der Waals surface area (Å²) in [5.41, 5.74) is 0. The highest BCUT2D eigenvalue weighted by molar-refractivity contribution is 7.45. The number of carbonyl (C=O) groups is 2. The number of unbranched alkanes of at least 4 members (excludes halogenated alkanes) is 35. The number of phosphoric ester groups is 1. The highest BCUT2D eigenvalue weighted by atomic mass is 31.2. The second kappa shape index (κ2) is 49.5. The van der Waals surface area contributed by atoms with Crippen molar-refractivity contribution in [1.29, 1.82) is 0 Å². The summed E-state index contributed by atoms with van der Waals surface area (Å²) in [7, 11) is 1.18. The molecule has 0 rings (SSSR count). The lowest BCUT2D eigenvalue weighted by Crippen LogP contribution is -2.37. The maximum atomic E-state index is 12.7. The van der Waals surface area contributed by atoms with Gasteiger partial charge in [0.05, 0.1) is 27.7 Å². The lowest BCUT2D eigenvalue weighted by atomic mass is 10.0. The van der Waals surface area contributed by atoms with Gasteiger partial charge in [-0.15, -0.1) is 0 Å². The summed E-state index contributed by atoms with van der Waals surface area (Å²) in [5.74, 6) is -0.831. The summed E-state index contributed by atoms with van der Waals surface area (Å²) >= 11 is 0. The number of nitrogens with zero attached hydrogens (tertiary/aromatic N) is 1. The number of allylic oxidation sites excluding steroid dienone is 4. The minimum absolute atomic E-state index is 0.0274. The molecule has 0 radical (unpaired) electrons. The summed E-state index contributed by atoms with van der Waals surface area (Å²) in [4.78, 5) is 37.4. The van der Waals surface area contributed by atoms with Gasteiger partial charge in [0.25, 0.3) is 7.82 Å². The summed E-state index contributed by atoms with van der Waals surface area (Å²) < 4.78 is 33.8. The van der Waals surface area contributed by atoms with Crippen LogP contribution in [0.5, 0.6) is 0 Å². The van der Waals surface area contributed by atoms with Crippen LogP contribution in [0.1, 0.15) is 277 Å². The smallest absolute Gasteiger partial charge is 0.306 e.